The minimum Gasteiger partial charge on any atom is -0.493 e. The van der Waals surface area contributed by atoms with Crippen molar-refractivity contribution >= 4 is 45.2 Å². The number of hydrogen-bond acceptors (Lipinski definition) is 4. The van der Waals surface area contributed by atoms with E-state index in [0.29, 0.717) is 17.2 Å². The topological polar surface area (TPSA) is 56.4 Å². The van der Waals surface area contributed by atoms with Gasteiger partial charge in [0.25, 0.3) is 0 Å². The quantitative estimate of drug-likeness (QED) is 0.270. The zero-order valence-electron chi connectivity index (χ0n) is 15.9. The van der Waals surface area contributed by atoms with Gasteiger partial charge in [-0.2, -0.15) is 0 Å². The summed E-state index contributed by atoms with van der Waals surface area (Å²) in [5, 5.41) is 0. The number of imidazole rings is 1. The van der Waals surface area contributed by atoms with Crippen LogP contribution in [-0.2, 0) is 0 Å². The van der Waals surface area contributed by atoms with Gasteiger partial charge in [-0.05, 0) is 81.6 Å². The molecule has 1 N–H and O–H groups in total. The molecule has 1 aromatic heterocycles. The van der Waals surface area contributed by atoms with Crippen molar-refractivity contribution in [2.75, 3.05) is 13.9 Å². The van der Waals surface area contributed by atoms with Gasteiger partial charge in [0.1, 0.15) is 5.82 Å². The van der Waals surface area contributed by atoms with Crippen LogP contribution in [0, 0.1) is 7.14 Å². The van der Waals surface area contributed by atoms with E-state index in [1.54, 1.807) is 7.11 Å². The molecule has 0 bridgehead atoms. The van der Waals surface area contributed by atoms with Crippen molar-refractivity contribution in [2.24, 2.45) is 0 Å². The molecule has 0 saturated carbocycles. The Morgan fingerprint density at radius 1 is 0.867 bits per heavy atom. The van der Waals surface area contributed by atoms with Gasteiger partial charge in [-0.3, -0.25) is 0 Å². The number of rotatable bonds is 4. The molecule has 4 aromatic rings. The zero-order chi connectivity index (χ0) is 20.7. The highest BCUT2D eigenvalue weighted by molar-refractivity contribution is 14.1. The summed E-state index contributed by atoms with van der Waals surface area (Å²) in [6, 6.07) is 20.6. The van der Waals surface area contributed by atoms with Crippen molar-refractivity contribution in [2.45, 2.75) is 0 Å². The fourth-order valence-electron chi connectivity index (χ4n) is 3.42. The first-order chi connectivity index (χ1) is 14.6. The number of H-pyrrole nitrogens is 1. The lowest BCUT2D eigenvalue weighted by molar-refractivity contribution is 0.171. The zero-order valence-corrected chi connectivity index (χ0v) is 20.2. The van der Waals surface area contributed by atoms with Crippen LogP contribution in [0.4, 0.5) is 0 Å². The van der Waals surface area contributed by atoms with E-state index in [1.807, 2.05) is 12.1 Å². The summed E-state index contributed by atoms with van der Waals surface area (Å²) in [6.45, 7) is 0.190. The highest BCUT2D eigenvalue weighted by Crippen LogP contribution is 2.44. The Hall–Kier alpha value is -2.27. The summed E-state index contributed by atoms with van der Waals surface area (Å²) in [6.07, 6.45) is 0. The van der Waals surface area contributed by atoms with E-state index in [2.05, 4.69) is 98.7 Å². The van der Waals surface area contributed by atoms with E-state index < -0.39 is 0 Å². The van der Waals surface area contributed by atoms with Gasteiger partial charge in [-0.15, -0.1) is 0 Å². The molecule has 0 atom stereocenters. The molecular weight excluding hydrogens is 606 g/mol. The second-order valence-corrected chi connectivity index (χ2v) is 9.23. The van der Waals surface area contributed by atoms with Crippen molar-refractivity contribution in [1.29, 1.82) is 0 Å². The number of aromatic amines is 1. The maximum absolute atomic E-state index is 5.59. The molecule has 5 rings (SSSR count). The Bertz CT molecular complexity index is 1160. The van der Waals surface area contributed by atoms with Crippen molar-refractivity contribution in [3.63, 3.8) is 0 Å². The monoisotopic (exact) mass is 622 g/mol. The van der Waals surface area contributed by atoms with Gasteiger partial charge in [0.15, 0.2) is 11.5 Å². The third kappa shape index (κ3) is 3.64. The molecule has 30 heavy (non-hydrogen) atoms. The number of nitrogens with zero attached hydrogens (tertiary/aromatic N) is 1. The van der Waals surface area contributed by atoms with Crippen LogP contribution in [0.15, 0.2) is 60.7 Å². The van der Waals surface area contributed by atoms with Crippen LogP contribution >= 0.6 is 45.2 Å². The molecule has 0 fully saturated rings. The molecule has 3 aromatic carbocycles. The van der Waals surface area contributed by atoms with Gasteiger partial charge in [-0.1, -0.05) is 24.3 Å². The van der Waals surface area contributed by atoms with Crippen LogP contribution in [-0.4, -0.2) is 23.9 Å². The van der Waals surface area contributed by atoms with E-state index in [-0.39, 0.29) is 6.79 Å². The average Bonchev–Trinajstić information content (AvgIpc) is 3.41. The molecule has 0 radical (unpaired) electrons. The molecule has 0 aliphatic carbocycles. The number of hydrogen-bond donors (Lipinski definition) is 1. The fourth-order valence-corrected chi connectivity index (χ4v) is 4.14. The van der Waals surface area contributed by atoms with Gasteiger partial charge >= 0.3 is 0 Å². The number of nitrogens with one attached hydrogen (secondary N) is 1. The number of halogens is 2. The largest absolute Gasteiger partial charge is 0.493 e. The lowest BCUT2D eigenvalue weighted by Gasteiger charge is -2.06. The number of methoxy groups -OCH3 is 1. The van der Waals surface area contributed by atoms with E-state index in [9.17, 15) is 0 Å². The van der Waals surface area contributed by atoms with Gasteiger partial charge in [0.05, 0.1) is 18.5 Å². The second-order valence-electron chi connectivity index (χ2n) is 6.74. The van der Waals surface area contributed by atoms with Gasteiger partial charge in [0, 0.05) is 23.8 Å². The third-order valence-electron chi connectivity index (χ3n) is 4.89. The normalized spacial score (nSPS) is 12.2. The Kier molecular flexibility index (Phi) is 5.32. The van der Waals surface area contributed by atoms with E-state index in [4.69, 9.17) is 19.2 Å². The van der Waals surface area contributed by atoms with Crippen LogP contribution in [0.25, 0.3) is 33.9 Å². The maximum atomic E-state index is 5.59. The summed E-state index contributed by atoms with van der Waals surface area (Å²) >= 11 is 4.62. The Morgan fingerprint density at radius 3 is 2.20 bits per heavy atom. The van der Waals surface area contributed by atoms with Crippen molar-refractivity contribution in [3.05, 3.63) is 67.8 Å². The fraction of sp³-hybridized carbons (Fsp3) is 0.0870. The summed E-state index contributed by atoms with van der Waals surface area (Å²) in [5.74, 6) is 2.66. The molecule has 0 saturated heterocycles. The number of benzene rings is 3. The lowest BCUT2D eigenvalue weighted by Crippen LogP contribution is -1.93. The molecule has 0 amide bonds. The highest BCUT2D eigenvalue weighted by atomic mass is 127. The van der Waals surface area contributed by atoms with Crippen molar-refractivity contribution in [1.82, 2.24) is 9.97 Å². The van der Waals surface area contributed by atoms with Crippen molar-refractivity contribution in [3.8, 4) is 51.2 Å². The van der Waals surface area contributed by atoms with Crippen molar-refractivity contribution < 1.29 is 14.2 Å². The smallest absolute Gasteiger partial charge is 0.231 e. The predicted octanol–water partition coefficient (Wildman–Crippen LogP) is 6.36. The minimum absolute atomic E-state index is 0.190. The lowest BCUT2D eigenvalue weighted by atomic mass is 10.1. The SMILES string of the molecule is COc1cc(-c2nc(-c3ccc(I)cc3)c(-c3ccc(I)cc3)[nH]2)cc2c1OCO2. The van der Waals surface area contributed by atoms with Crippen LogP contribution in [0.3, 0.4) is 0 Å². The average molecular weight is 622 g/mol. The molecular formula is C23H16I2N2O3. The van der Waals surface area contributed by atoms with E-state index in [0.717, 1.165) is 33.9 Å². The van der Waals surface area contributed by atoms with Crippen LogP contribution < -0.4 is 14.2 Å². The van der Waals surface area contributed by atoms with Crippen LogP contribution in [0.5, 0.6) is 17.2 Å². The first kappa shape index (κ1) is 19.7. The number of ether oxygens (including phenoxy) is 3. The minimum atomic E-state index is 0.190. The molecule has 150 valence electrons. The molecule has 7 heteroatoms. The molecule has 2 heterocycles. The first-order valence-electron chi connectivity index (χ1n) is 9.22. The number of aromatic nitrogens is 2. The van der Waals surface area contributed by atoms with Gasteiger partial charge < -0.3 is 19.2 Å². The number of fused-ring (bicyclic) bond motifs is 1. The molecule has 1 aliphatic rings. The van der Waals surface area contributed by atoms with E-state index in [1.165, 1.54) is 7.14 Å². The summed E-state index contributed by atoms with van der Waals surface area (Å²) in [4.78, 5) is 8.49. The summed E-state index contributed by atoms with van der Waals surface area (Å²) in [7, 11) is 1.62. The third-order valence-corrected chi connectivity index (χ3v) is 6.32. The standard InChI is InChI=1S/C23H16I2N2O3/c1-28-18-10-15(11-19-22(18)30-12-29-19)23-26-20(13-2-6-16(24)7-3-13)21(27-23)14-4-8-17(25)9-5-14/h2-11H,12H2,1H3,(H,26,27). The van der Waals surface area contributed by atoms with Crippen LogP contribution in [0.2, 0.25) is 0 Å². The molecule has 0 unspecified atom stereocenters. The Labute approximate surface area is 201 Å². The molecule has 0 spiro atoms. The Balaban J connectivity index is 1.68. The summed E-state index contributed by atoms with van der Waals surface area (Å²) < 4.78 is 19.0. The van der Waals surface area contributed by atoms with Gasteiger partial charge in [-0.25, -0.2) is 4.98 Å². The maximum Gasteiger partial charge on any atom is 0.231 e. The van der Waals surface area contributed by atoms with E-state index >= 15 is 0 Å². The highest BCUT2D eigenvalue weighted by Gasteiger charge is 2.23. The Morgan fingerprint density at radius 2 is 1.53 bits per heavy atom. The molecule has 5 nitrogen and oxygen atoms in total. The van der Waals surface area contributed by atoms with Crippen LogP contribution in [0.1, 0.15) is 0 Å². The summed E-state index contributed by atoms with van der Waals surface area (Å²) in [5.41, 5.74) is 4.88. The second kappa shape index (κ2) is 8.10. The predicted molar refractivity (Wildman–Crippen MR) is 133 cm³/mol. The van der Waals surface area contributed by atoms with Gasteiger partial charge in [0.2, 0.25) is 12.5 Å². The molecule has 1 aliphatic heterocycles. The first-order valence-corrected chi connectivity index (χ1v) is 11.4.